The minimum Gasteiger partial charge on any atom is -0.335 e. The van der Waals surface area contributed by atoms with Crippen LogP contribution in [-0.2, 0) is 0 Å². The maximum Gasteiger partial charge on any atom is 0.254 e. The number of rotatable bonds is 6. The molecular weight excluding hydrogens is 312 g/mol. The minimum absolute atomic E-state index is 0.133. The van der Waals surface area contributed by atoms with Gasteiger partial charge in [0.15, 0.2) is 5.65 Å². The summed E-state index contributed by atoms with van der Waals surface area (Å²) in [5.74, 6) is 0.865. The number of fused-ring (bicyclic) bond motifs is 1. The molecule has 3 rings (SSSR count). The van der Waals surface area contributed by atoms with Crippen molar-refractivity contribution < 1.29 is 4.79 Å². The zero-order valence-corrected chi connectivity index (χ0v) is 16.3. The van der Waals surface area contributed by atoms with Crippen LogP contribution in [0.5, 0.6) is 0 Å². The van der Waals surface area contributed by atoms with Gasteiger partial charge >= 0.3 is 0 Å². The standard InChI is InChI=1S/C20H30N4O/c1-12(2)11-23(15-7-8-15)20(25)16-9-18(13(3)4)22-19-17(16)10-21-24(19)14(5)6/h9-10,12-15H,7-8,11H2,1-6H3. The van der Waals surface area contributed by atoms with E-state index in [1.807, 2.05) is 10.7 Å². The fourth-order valence-corrected chi connectivity index (χ4v) is 3.22. The Morgan fingerprint density at radius 2 is 1.92 bits per heavy atom. The number of nitrogens with zero attached hydrogens (tertiary/aromatic N) is 4. The Balaban J connectivity index is 2.11. The first-order chi connectivity index (χ1) is 11.8. The Hall–Kier alpha value is -1.91. The summed E-state index contributed by atoms with van der Waals surface area (Å²) in [5.41, 5.74) is 2.54. The Morgan fingerprint density at radius 3 is 2.44 bits per heavy atom. The van der Waals surface area contributed by atoms with Gasteiger partial charge in [-0.25, -0.2) is 9.67 Å². The van der Waals surface area contributed by atoms with Gasteiger partial charge in [0.2, 0.25) is 0 Å². The number of hydrogen-bond acceptors (Lipinski definition) is 3. The highest BCUT2D eigenvalue weighted by atomic mass is 16.2. The lowest BCUT2D eigenvalue weighted by Crippen LogP contribution is -2.36. The SMILES string of the molecule is CC(C)CN(C(=O)c1cc(C(C)C)nc2c1cnn2C(C)C)C1CC1. The Kier molecular flexibility index (Phi) is 4.85. The van der Waals surface area contributed by atoms with Crippen LogP contribution in [0.4, 0.5) is 0 Å². The summed E-state index contributed by atoms with van der Waals surface area (Å²) < 4.78 is 1.92. The van der Waals surface area contributed by atoms with Gasteiger partial charge in [0.05, 0.1) is 17.1 Å². The van der Waals surface area contributed by atoms with Crippen LogP contribution in [0.1, 0.15) is 82.4 Å². The summed E-state index contributed by atoms with van der Waals surface area (Å²) in [6.45, 7) is 13.6. The Labute approximate surface area is 150 Å². The summed E-state index contributed by atoms with van der Waals surface area (Å²) in [5, 5.41) is 5.38. The van der Waals surface area contributed by atoms with Gasteiger partial charge in [-0.1, -0.05) is 27.7 Å². The third kappa shape index (κ3) is 3.55. The fraction of sp³-hybridized carbons (Fsp3) is 0.650. The van der Waals surface area contributed by atoms with E-state index in [2.05, 4.69) is 51.5 Å². The molecule has 0 saturated heterocycles. The molecular formula is C20H30N4O. The third-order valence-electron chi connectivity index (χ3n) is 4.71. The number of aromatic nitrogens is 3. The van der Waals surface area contributed by atoms with Gasteiger partial charge in [-0.2, -0.15) is 5.10 Å². The van der Waals surface area contributed by atoms with Gasteiger partial charge in [-0.05, 0) is 44.6 Å². The van der Waals surface area contributed by atoms with E-state index in [1.165, 1.54) is 0 Å². The van der Waals surface area contributed by atoms with Crippen LogP contribution in [0.3, 0.4) is 0 Å². The normalized spacial score (nSPS) is 14.9. The van der Waals surface area contributed by atoms with E-state index in [9.17, 15) is 4.79 Å². The first-order valence-corrected chi connectivity index (χ1v) is 9.48. The number of amides is 1. The second-order valence-corrected chi connectivity index (χ2v) is 8.25. The molecule has 1 amide bonds. The van der Waals surface area contributed by atoms with E-state index in [-0.39, 0.29) is 17.9 Å². The fourth-order valence-electron chi connectivity index (χ4n) is 3.22. The monoisotopic (exact) mass is 342 g/mol. The largest absolute Gasteiger partial charge is 0.335 e. The molecule has 1 aliphatic rings. The summed E-state index contributed by atoms with van der Waals surface area (Å²) in [6.07, 6.45) is 4.05. The van der Waals surface area contributed by atoms with E-state index in [1.54, 1.807) is 6.20 Å². The highest BCUT2D eigenvalue weighted by Crippen LogP contribution is 2.31. The molecule has 0 aromatic carbocycles. The van der Waals surface area contributed by atoms with Crippen LogP contribution in [0.15, 0.2) is 12.3 Å². The first kappa shape index (κ1) is 17.9. The number of carbonyl (C=O) groups excluding carboxylic acids is 1. The average molecular weight is 342 g/mol. The average Bonchev–Trinajstić information content (AvgIpc) is 3.28. The molecule has 0 radical (unpaired) electrons. The topological polar surface area (TPSA) is 51.0 Å². The summed E-state index contributed by atoms with van der Waals surface area (Å²) >= 11 is 0. The minimum atomic E-state index is 0.133. The van der Waals surface area contributed by atoms with Crippen molar-refractivity contribution in [2.75, 3.05) is 6.54 Å². The maximum absolute atomic E-state index is 13.4. The van der Waals surface area contributed by atoms with Crippen LogP contribution in [0.2, 0.25) is 0 Å². The predicted octanol–water partition coefficient (Wildman–Crippen LogP) is 4.40. The van der Waals surface area contributed by atoms with Crippen molar-refractivity contribution in [1.29, 1.82) is 0 Å². The molecule has 5 nitrogen and oxygen atoms in total. The first-order valence-electron chi connectivity index (χ1n) is 9.48. The van der Waals surface area contributed by atoms with Crippen molar-refractivity contribution in [3.8, 4) is 0 Å². The maximum atomic E-state index is 13.4. The Morgan fingerprint density at radius 1 is 1.24 bits per heavy atom. The lowest BCUT2D eigenvalue weighted by molar-refractivity contribution is 0.0724. The van der Waals surface area contributed by atoms with Gasteiger partial charge in [-0.3, -0.25) is 4.79 Å². The van der Waals surface area contributed by atoms with Gasteiger partial charge in [0, 0.05) is 24.3 Å². The molecule has 0 unspecified atom stereocenters. The zero-order chi connectivity index (χ0) is 18.3. The smallest absolute Gasteiger partial charge is 0.254 e. The molecule has 1 saturated carbocycles. The highest BCUT2D eigenvalue weighted by Gasteiger charge is 2.34. The van der Waals surface area contributed by atoms with Crippen molar-refractivity contribution in [2.24, 2.45) is 5.92 Å². The van der Waals surface area contributed by atoms with E-state index >= 15 is 0 Å². The molecule has 0 aliphatic heterocycles. The molecule has 25 heavy (non-hydrogen) atoms. The van der Waals surface area contributed by atoms with Crippen molar-refractivity contribution in [3.05, 3.63) is 23.5 Å². The number of carbonyl (C=O) groups is 1. The van der Waals surface area contributed by atoms with Crippen LogP contribution in [0.25, 0.3) is 11.0 Å². The molecule has 136 valence electrons. The molecule has 0 atom stereocenters. The molecule has 1 aliphatic carbocycles. The third-order valence-corrected chi connectivity index (χ3v) is 4.71. The molecule has 0 N–H and O–H groups in total. The number of pyridine rings is 1. The predicted molar refractivity (Wildman–Crippen MR) is 101 cm³/mol. The van der Waals surface area contributed by atoms with Crippen LogP contribution in [0, 0.1) is 5.92 Å². The van der Waals surface area contributed by atoms with Crippen molar-refractivity contribution >= 4 is 16.9 Å². The quantitative estimate of drug-likeness (QED) is 0.782. The molecule has 0 spiro atoms. The van der Waals surface area contributed by atoms with Gasteiger partial charge in [0.25, 0.3) is 5.91 Å². The highest BCUT2D eigenvalue weighted by molar-refractivity contribution is 6.05. The van der Waals surface area contributed by atoms with Crippen LogP contribution in [-0.4, -0.2) is 38.2 Å². The van der Waals surface area contributed by atoms with Crippen LogP contribution < -0.4 is 0 Å². The van der Waals surface area contributed by atoms with Gasteiger partial charge in [0.1, 0.15) is 0 Å². The van der Waals surface area contributed by atoms with Crippen molar-refractivity contribution in [3.63, 3.8) is 0 Å². The van der Waals surface area contributed by atoms with E-state index in [4.69, 9.17) is 4.98 Å². The number of hydrogen-bond donors (Lipinski definition) is 0. The van der Waals surface area contributed by atoms with E-state index in [0.717, 1.165) is 41.7 Å². The lowest BCUT2D eigenvalue weighted by atomic mass is 10.0. The summed E-state index contributed by atoms with van der Waals surface area (Å²) in [6, 6.07) is 2.60. The second-order valence-electron chi connectivity index (χ2n) is 8.25. The summed E-state index contributed by atoms with van der Waals surface area (Å²) in [7, 11) is 0. The molecule has 2 heterocycles. The Bertz CT molecular complexity index is 771. The van der Waals surface area contributed by atoms with Crippen molar-refractivity contribution in [1.82, 2.24) is 19.7 Å². The van der Waals surface area contributed by atoms with E-state index in [0.29, 0.717) is 12.0 Å². The van der Waals surface area contributed by atoms with Gasteiger partial charge in [-0.15, -0.1) is 0 Å². The van der Waals surface area contributed by atoms with Crippen LogP contribution >= 0.6 is 0 Å². The molecule has 5 heteroatoms. The van der Waals surface area contributed by atoms with Crippen molar-refractivity contribution in [2.45, 2.75) is 72.4 Å². The molecule has 2 aromatic heterocycles. The zero-order valence-electron chi connectivity index (χ0n) is 16.3. The lowest BCUT2D eigenvalue weighted by Gasteiger charge is -2.25. The van der Waals surface area contributed by atoms with E-state index < -0.39 is 0 Å². The summed E-state index contributed by atoms with van der Waals surface area (Å²) in [4.78, 5) is 20.3. The molecule has 1 fully saturated rings. The molecule has 2 aromatic rings. The molecule has 0 bridgehead atoms. The van der Waals surface area contributed by atoms with Gasteiger partial charge < -0.3 is 4.90 Å². The second kappa shape index (κ2) is 6.77.